The number of rotatable bonds is 5. The molecule has 0 heterocycles. The monoisotopic (exact) mass is 197 g/mol. The molecule has 0 unspecified atom stereocenters. The Bertz CT molecular complexity index is 278. The first-order valence-corrected chi connectivity index (χ1v) is 4.59. The molecule has 1 aromatic carbocycles. The van der Waals surface area contributed by atoms with Crippen LogP contribution in [-0.2, 0) is 6.42 Å². The molecule has 0 aliphatic heterocycles. The van der Waals surface area contributed by atoms with Gasteiger partial charge in [0.15, 0.2) is 0 Å². The first kappa shape index (κ1) is 11.1. The van der Waals surface area contributed by atoms with E-state index < -0.39 is 0 Å². The molecule has 14 heavy (non-hydrogen) atoms. The molecular weight excluding hydrogens is 181 g/mol. The molecule has 3 N–H and O–H groups in total. The van der Waals surface area contributed by atoms with Crippen LogP contribution in [0.1, 0.15) is 5.56 Å². The third-order valence-electron chi connectivity index (χ3n) is 2.03. The zero-order valence-corrected chi connectivity index (χ0v) is 8.33. The van der Waals surface area contributed by atoms with E-state index in [9.17, 15) is 4.39 Å². The number of benzene rings is 1. The third-order valence-corrected chi connectivity index (χ3v) is 2.03. The molecule has 0 saturated carbocycles. The molecular formula is C10H16FN3. The summed E-state index contributed by atoms with van der Waals surface area (Å²) >= 11 is 0. The quantitative estimate of drug-likeness (QED) is 0.415. The van der Waals surface area contributed by atoms with Crippen LogP contribution in [0.15, 0.2) is 24.3 Å². The second kappa shape index (κ2) is 5.70. The van der Waals surface area contributed by atoms with Crippen LogP contribution in [0.4, 0.5) is 4.39 Å². The van der Waals surface area contributed by atoms with E-state index in [0.717, 1.165) is 18.5 Å². The lowest BCUT2D eigenvalue weighted by Crippen LogP contribution is -2.36. The molecule has 3 nitrogen and oxygen atoms in total. The average molecular weight is 197 g/mol. The topological polar surface area (TPSA) is 41.3 Å². The summed E-state index contributed by atoms with van der Waals surface area (Å²) in [7, 11) is 1.96. The summed E-state index contributed by atoms with van der Waals surface area (Å²) in [5.41, 5.74) is 3.58. The normalized spacial score (nSPS) is 10.9. The largest absolute Gasteiger partial charge is 0.292 e. The number of hydrazine groups is 1. The molecule has 0 saturated heterocycles. The van der Waals surface area contributed by atoms with Crippen molar-refractivity contribution < 1.29 is 4.39 Å². The lowest BCUT2D eigenvalue weighted by Gasteiger charge is -2.15. The highest BCUT2D eigenvalue weighted by Crippen LogP contribution is 2.04. The zero-order chi connectivity index (χ0) is 10.4. The molecule has 0 aromatic heterocycles. The molecule has 0 amide bonds. The van der Waals surface area contributed by atoms with Crippen LogP contribution in [0.3, 0.4) is 0 Å². The molecule has 0 atom stereocenters. The Hall–Kier alpha value is -0.970. The maximum absolute atomic E-state index is 12.8. The molecule has 0 spiro atoms. The van der Waals surface area contributed by atoms with Crippen LogP contribution in [0, 0.1) is 5.82 Å². The summed E-state index contributed by atoms with van der Waals surface area (Å²) in [6, 6.07) is 6.66. The van der Waals surface area contributed by atoms with Crippen molar-refractivity contribution in [2.45, 2.75) is 6.42 Å². The molecule has 4 heteroatoms. The van der Waals surface area contributed by atoms with E-state index in [1.54, 1.807) is 12.1 Å². The fraction of sp³-hybridized carbons (Fsp3) is 0.400. The van der Waals surface area contributed by atoms with Crippen molar-refractivity contribution in [2.75, 3.05) is 20.3 Å². The van der Waals surface area contributed by atoms with Crippen molar-refractivity contribution >= 4 is 0 Å². The van der Waals surface area contributed by atoms with E-state index in [0.29, 0.717) is 6.67 Å². The van der Waals surface area contributed by atoms with Gasteiger partial charge in [0.05, 0.1) is 6.67 Å². The predicted molar refractivity (Wildman–Crippen MR) is 54.9 cm³/mol. The lowest BCUT2D eigenvalue weighted by atomic mass is 10.1. The van der Waals surface area contributed by atoms with Crippen LogP contribution in [-0.4, -0.2) is 25.2 Å². The molecule has 1 aromatic rings. The summed E-state index contributed by atoms with van der Waals surface area (Å²) in [5.74, 6) is 4.99. The average Bonchev–Trinajstić information content (AvgIpc) is 2.15. The number of nitrogens with one attached hydrogen (secondary N) is 1. The first-order chi connectivity index (χ1) is 6.72. The van der Waals surface area contributed by atoms with Crippen molar-refractivity contribution in [1.82, 2.24) is 10.3 Å². The molecule has 1 rings (SSSR count). The van der Waals surface area contributed by atoms with Crippen LogP contribution in [0.5, 0.6) is 0 Å². The molecule has 78 valence electrons. The molecule has 0 aliphatic rings. The number of hydrogen-bond acceptors (Lipinski definition) is 3. The molecule has 0 radical (unpaired) electrons. The summed E-state index contributed by atoms with van der Waals surface area (Å²) in [6.07, 6.45) is 0.829. The second-order valence-electron chi connectivity index (χ2n) is 3.32. The fourth-order valence-electron chi connectivity index (χ4n) is 1.25. The smallest absolute Gasteiger partial charge is 0.123 e. The van der Waals surface area contributed by atoms with E-state index in [1.807, 2.05) is 18.0 Å². The summed E-state index contributed by atoms with van der Waals surface area (Å²) < 4.78 is 12.8. The Morgan fingerprint density at radius 1 is 1.50 bits per heavy atom. The third kappa shape index (κ3) is 3.83. The Labute approximate surface area is 83.7 Å². The Balaban J connectivity index is 2.37. The van der Waals surface area contributed by atoms with Gasteiger partial charge >= 0.3 is 0 Å². The number of hydrogen-bond donors (Lipinski definition) is 2. The van der Waals surface area contributed by atoms with Crippen molar-refractivity contribution in [1.29, 1.82) is 0 Å². The van der Waals surface area contributed by atoms with Crippen LogP contribution < -0.4 is 11.3 Å². The maximum Gasteiger partial charge on any atom is 0.123 e. The predicted octanol–water partition coefficient (Wildman–Crippen LogP) is 0.721. The van der Waals surface area contributed by atoms with Gasteiger partial charge in [0.1, 0.15) is 5.82 Å². The fourth-order valence-corrected chi connectivity index (χ4v) is 1.25. The van der Waals surface area contributed by atoms with Gasteiger partial charge < -0.3 is 0 Å². The maximum atomic E-state index is 12.8. The zero-order valence-electron chi connectivity index (χ0n) is 8.33. The number of nitrogens with two attached hydrogens (primary N) is 1. The standard InChI is InChI=1S/C10H16FN3/c1-14(8-13-12)6-5-9-3-2-4-10(11)7-9/h2-4,7,13H,5-6,8,12H2,1H3. The van der Waals surface area contributed by atoms with Crippen molar-refractivity contribution in [3.63, 3.8) is 0 Å². The van der Waals surface area contributed by atoms with E-state index in [2.05, 4.69) is 5.43 Å². The van der Waals surface area contributed by atoms with Gasteiger partial charge in [0.25, 0.3) is 0 Å². The number of likely N-dealkylation sites (N-methyl/N-ethyl adjacent to an activating group) is 1. The Morgan fingerprint density at radius 3 is 2.93 bits per heavy atom. The second-order valence-corrected chi connectivity index (χ2v) is 3.32. The Kier molecular flexibility index (Phi) is 4.52. The van der Waals surface area contributed by atoms with Gasteiger partial charge in [-0.05, 0) is 31.2 Å². The van der Waals surface area contributed by atoms with Crippen molar-refractivity contribution in [3.8, 4) is 0 Å². The van der Waals surface area contributed by atoms with E-state index >= 15 is 0 Å². The van der Waals surface area contributed by atoms with Gasteiger partial charge in [-0.3, -0.25) is 10.7 Å². The van der Waals surface area contributed by atoms with Gasteiger partial charge in [-0.2, -0.15) is 0 Å². The number of halogens is 1. The molecule has 0 bridgehead atoms. The van der Waals surface area contributed by atoms with Crippen molar-refractivity contribution in [2.24, 2.45) is 5.84 Å². The van der Waals surface area contributed by atoms with Crippen LogP contribution in [0.2, 0.25) is 0 Å². The van der Waals surface area contributed by atoms with Gasteiger partial charge in [0.2, 0.25) is 0 Å². The highest BCUT2D eigenvalue weighted by atomic mass is 19.1. The van der Waals surface area contributed by atoms with E-state index in [4.69, 9.17) is 5.84 Å². The minimum absolute atomic E-state index is 0.179. The highest BCUT2D eigenvalue weighted by molar-refractivity contribution is 5.16. The minimum atomic E-state index is -0.179. The van der Waals surface area contributed by atoms with E-state index in [-0.39, 0.29) is 5.82 Å². The van der Waals surface area contributed by atoms with Crippen LogP contribution in [0.25, 0.3) is 0 Å². The van der Waals surface area contributed by atoms with Crippen molar-refractivity contribution in [3.05, 3.63) is 35.6 Å². The van der Waals surface area contributed by atoms with E-state index in [1.165, 1.54) is 6.07 Å². The number of nitrogens with zero attached hydrogens (tertiary/aromatic N) is 1. The highest BCUT2D eigenvalue weighted by Gasteiger charge is 1.98. The van der Waals surface area contributed by atoms with Gasteiger partial charge in [-0.1, -0.05) is 12.1 Å². The summed E-state index contributed by atoms with van der Waals surface area (Å²) in [4.78, 5) is 2.03. The SMILES string of the molecule is CN(CCc1cccc(F)c1)CNN. The molecule has 0 fully saturated rings. The van der Waals surface area contributed by atoms with Crippen LogP contribution >= 0.6 is 0 Å². The summed E-state index contributed by atoms with van der Waals surface area (Å²) in [6.45, 7) is 1.49. The van der Waals surface area contributed by atoms with Gasteiger partial charge in [-0.25, -0.2) is 9.82 Å². The lowest BCUT2D eigenvalue weighted by molar-refractivity contribution is 0.312. The summed E-state index contributed by atoms with van der Waals surface area (Å²) in [5, 5.41) is 0. The Morgan fingerprint density at radius 2 is 2.29 bits per heavy atom. The first-order valence-electron chi connectivity index (χ1n) is 4.59. The van der Waals surface area contributed by atoms with Gasteiger partial charge in [0, 0.05) is 6.54 Å². The van der Waals surface area contributed by atoms with Gasteiger partial charge in [-0.15, -0.1) is 0 Å². The molecule has 0 aliphatic carbocycles. The minimum Gasteiger partial charge on any atom is -0.292 e.